The average Bonchev–Trinajstić information content (AvgIpc) is 2.58. The number of fused-ring (bicyclic) bond motifs is 1. The molecule has 0 unspecified atom stereocenters. The molecule has 0 aliphatic carbocycles. The second-order valence-electron chi connectivity index (χ2n) is 6.10. The van der Waals surface area contributed by atoms with Gasteiger partial charge in [-0.1, -0.05) is 30.3 Å². The van der Waals surface area contributed by atoms with Gasteiger partial charge in [-0.2, -0.15) is 0 Å². The van der Waals surface area contributed by atoms with E-state index in [4.69, 9.17) is 0 Å². The van der Waals surface area contributed by atoms with Gasteiger partial charge < -0.3 is 4.90 Å². The molecule has 1 heterocycles. The highest BCUT2D eigenvalue weighted by Crippen LogP contribution is 2.24. The molecular weight excluding hydrogens is 359 g/mol. The first kappa shape index (κ1) is 18.1. The number of hydrogen-bond acceptors (Lipinski definition) is 4. The summed E-state index contributed by atoms with van der Waals surface area (Å²) < 4.78 is 38.7. The maximum Gasteiger partial charge on any atom is 0.268 e. The molecule has 136 valence electrons. The summed E-state index contributed by atoms with van der Waals surface area (Å²) in [5.74, 6) is -2.01. The van der Waals surface area contributed by atoms with Gasteiger partial charge in [0, 0.05) is 19.2 Å². The van der Waals surface area contributed by atoms with Gasteiger partial charge in [-0.05, 0) is 29.3 Å². The fraction of sp³-hybridized carbons (Fsp3) is 0.222. The summed E-state index contributed by atoms with van der Waals surface area (Å²) in [7, 11) is -2.44. The lowest BCUT2D eigenvalue weighted by Gasteiger charge is -2.29. The summed E-state index contributed by atoms with van der Waals surface area (Å²) in [6.45, 7) is -0.476. The van der Waals surface area contributed by atoms with Gasteiger partial charge in [-0.3, -0.25) is 9.59 Å². The van der Waals surface area contributed by atoms with Crippen molar-refractivity contribution in [2.24, 2.45) is 0 Å². The Hall–Kier alpha value is -2.74. The van der Waals surface area contributed by atoms with Gasteiger partial charge in [0.05, 0.1) is 5.75 Å². The maximum atomic E-state index is 13.2. The normalized spacial score (nSPS) is 15.5. The number of amides is 2. The Bertz CT molecular complexity index is 975. The van der Waals surface area contributed by atoms with Crippen LogP contribution in [0.1, 0.15) is 21.5 Å². The molecule has 1 aliphatic heterocycles. The molecular formula is C18H17FN2O4S. The largest absolute Gasteiger partial charge is 0.340 e. The molecule has 2 aromatic rings. The molecule has 0 saturated heterocycles. The Kier molecular flexibility index (Phi) is 4.78. The van der Waals surface area contributed by atoms with Crippen LogP contribution in [0.4, 0.5) is 4.39 Å². The number of benzene rings is 2. The number of rotatable bonds is 4. The van der Waals surface area contributed by atoms with E-state index in [2.05, 4.69) is 0 Å². The van der Waals surface area contributed by atoms with Crippen molar-refractivity contribution >= 4 is 21.8 Å². The fourth-order valence-electron chi connectivity index (χ4n) is 2.80. The lowest BCUT2D eigenvalue weighted by molar-refractivity contribution is -0.130. The molecule has 0 aromatic heterocycles. The van der Waals surface area contributed by atoms with E-state index in [1.54, 1.807) is 30.3 Å². The van der Waals surface area contributed by atoms with Crippen LogP contribution in [0.2, 0.25) is 0 Å². The van der Waals surface area contributed by atoms with E-state index in [0.717, 1.165) is 0 Å². The molecule has 6 nitrogen and oxygen atoms in total. The van der Waals surface area contributed by atoms with Gasteiger partial charge in [-0.15, -0.1) is 0 Å². The van der Waals surface area contributed by atoms with E-state index >= 15 is 0 Å². The lowest BCUT2D eigenvalue weighted by atomic mass is 10.1. The molecule has 0 saturated carbocycles. The van der Waals surface area contributed by atoms with Crippen LogP contribution in [0.3, 0.4) is 0 Å². The van der Waals surface area contributed by atoms with Crippen molar-refractivity contribution in [2.45, 2.75) is 12.3 Å². The van der Waals surface area contributed by atoms with Gasteiger partial charge in [-0.25, -0.2) is 17.1 Å². The van der Waals surface area contributed by atoms with Gasteiger partial charge in [0.25, 0.3) is 5.91 Å². The maximum absolute atomic E-state index is 13.2. The monoisotopic (exact) mass is 376 g/mol. The number of hydrogen-bond donors (Lipinski definition) is 0. The van der Waals surface area contributed by atoms with Crippen LogP contribution in [-0.4, -0.2) is 43.0 Å². The Labute approximate surface area is 150 Å². The van der Waals surface area contributed by atoms with Crippen LogP contribution in [0.5, 0.6) is 0 Å². The molecule has 26 heavy (non-hydrogen) atoms. The smallest absolute Gasteiger partial charge is 0.268 e. The minimum absolute atomic E-state index is 0.106. The van der Waals surface area contributed by atoms with Crippen molar-refractivity contribution in [3.05, 3.63) is 71.0 Å². The molecule has 3 rings (SSSR count). The summed E-state index contributed by atoms with van der Waals surface area (Å²) in [6, 6.07) is 12.2. The van der Waals surface area contributed by atoms with E-state index in [9.17, 15) is 22.4 Å². The van der Waals surface area contributed by atoms with Crippen molar-refractivity contribution in [3.63, 3.8) is 0 Å². The van der Waals surface area contributed by atoms with Crippen molar-refractivity contribution in [3.8, 4) is 0 Å². The van der Waals surface area contributed by atoms with Crippen molar-refractivity contribution in [2.75, 3.05) is 13.6 Å². The molecule has 0 spiro atoms. The second kappa shape index (κ2) is 6.87. The summed E-state index contributed by atoms with van der Waals surface area (Å²) in [4.78, 5) is 26.2. The van der Waals surface area contributed by atoms with Crippen LogP contribution in [0, 0.1) is 5.82 Å². The molecule has 2 amide bonds. The van der Waals surface area contributed by atoms with Crippen LogP contribution >= 0.6 is 0 Å². The Morgan fingerprint density at radius 2 is 1.92 bits per heavy atom. The summed E-state index contributed by atoms with van der Waals surface area (Å²) in [6.07, 6.45) is 0. The third-order valence-corrected chi connectivity index (χ3v) is 5.80. The molecule has 2 aromatic carbocycles. The highest BCUT2D eigenvalue weighted by atomic mass is 32.2. The van der Waals surface area contributed by atoms with Gasteiger partial charge in [0.15, 0.2) is 0 Å². The first-order valence-corrected chi connectivity index (χ1v) is 9.50. The number of nitrogens with zero attached hydrogens (tertiary/aromatic N) is 2. The summed E-state index contributed by atoms with van der Waals surface area (Å²) in [5.41, 5.74) is 1.27. The number of halogens is 1. The zero-order chi connectivity index (χ0) is 18.9. The second-order valence-corrected chi connectivity index (χ2v) is 8.00. The highest BCUT2D eigenvalue weighted by molar-refractivity contribution is 7.89. The standard InChI is InChI=1S/C18H17FN2O4S/c1-20(10-13-5-4-7-15(19)9-13)17(22)11-21-18(23)16-8-3-2-6-14(16)12-26(21,24)25/h2-9H,10-12H2,1H3. The average molecular weight is 376 g/mol. The molecule has 0 radical (unpaired) electrons. The molecule has 0 bridgehead atoms. The molecule has 0 fully saturated rings. The van der Waals surface area contributed by atoms with E-state index in [1.165, 1.54) is 30.1 Å². The van der Waals surface area contributed by atoms with E-state index < -0.39 is 34.2 Å². The zero-order valence-electron chi connectivity index (χ0n) is 14.1. The topological polar surface area (TPSA) is 74.8 Å². The molecule has 0 atom stereocenters. The predicted molar refractivity (Wildman–Crippen MR) is 93.0 cm³/mol. The van der Waals surface area contributed by atoms with Gasteiger partial charge in [0.1, 0.15) is 12.4 Å². The van der Waals surface area contributed by atoms with Crippen LogP contribution in [0.15, 0.2) is 48.5 Å². The van der Waals surface area contributed by atoms with Gasteiger partial charge >= 0.3 is 0 Å². The van der Waals surface area contributed by atoms with Crippen LogP contribution < -0.4 is 0 Å². The first-order valence-electron chi connectivity index (χ1n) is 7.89. The Balaban J connectivity index is 1.77. The number of sulfonamides is 1. The minimum atomic E-state index is -3.92. The number of carbonyl (C=O) groups excluding carboxylic acids is 2. The predicted octanol–water partition coefficient (Wildman–Crippen LogP) is 1.77. The van der Waals surface area contributed by atoms with Crippen molar-refractivity contribution < 1.29 is 22.4 Å². The molecule has 0 N–H and O–H groups in total. The molecule has 1 aliphatic rings. The van der Waals surface area contributed by atoms with E-state index in [1.807, 2.05) is 0 Å². The summed E-state index contributed by atoms with van der Waals surface area (Å²) >= 11 is 0. The van der Waals surface area contributed by atoms with E-state index in [-0.39, 0.29) is 17.9 Å². The third kappa shape index (κ3) is 3.60. The zero-order valence-corrected chi connectivity index (χ0v) is 14.9. The van der Waals surface area contributed by atoms with Crippen molar-refractivity contribution in [1.29, 1.82) is 0 Å². The van der Waals surface area contributed by atoms with Gasteiger partial charge in [0.2, 0.25) is 15.9 Å². The fourth-order valence-corrected chi connectivity index (χ4v) is 4.26. The third-order valence-electron chi connectivity index (χ3n) is 4.16. The van der Waals surface area contributed by atoms with Crippen molar-refractivity contribution in [1.82, 2.24) is 9.21 Å². The minimum Gasteiger partial charge on any atom is -0.340 e. The number of carbonyl (C=O) groups is 2. The quantitative estimate of drug-likeness (QED) is 0.815. The van der Waals surface area contributed by atoms with Crippen LogP contribution in [-0.2, 0) is 27.1 Å². The lowest BCUT2D eigenvalue weighted by Crippen LogP contribution is -2.47. The van der Waals surface area contributed by atoms with E-state index in [0.29, 0.717) is 15.4 Å². The SMILES string of the molecule is CN(Cc1cccc(F)c1)C(=O)CN1C(=O)c2ccccc2CS1(=O)=O. The Morgan fingerprint density at radius 1 is 1.19 bits per heavy atom. The Morgan fingerprint density at radius 3 is 2.65 bits per heavy atom. The summed E-state index contributed by atoms with van der Waals surface area (Å²) in [5, 5.41) is 0. The highest BCUT2D eigenvalue weighted by Gasteiger charge is 2.37. The van der Waals surface area contributed by atoms with Crippen LogP contribution in [0.25, 0.3) is 0 Å². The number of likely N-dealkylation sites (N-methyl/N-ethyl adjacent to an activating group) is 1. The first-order chi connectivity index (χ1) is 12.3. The molecule has 8 heteroatoms.